The van der Waals surface area contributed by atoms with Crippen molar-refractivity contribution in [2.75, 3.05) is 24.1 Å². The first-order valence-corrected chi connectivity index (χ1v) is 15.9. The first-order valence-electron chi connectivity index (χ1n) is 13.7. The van der Waals surface area contributed by atoms with Gasteiger partial charge in [-0.1, -0.05) is 78.7 Å². The van der Waals surface area contributed by atoms with Gasteiger partial charge in [0.2, 0.25) is 15.9 Å². The van der Waals surface area contributed by atoms with Crippen LogP contribution in [0.2, 0.25) is 10.0 Å². The smallest absolute Gasteiger partial charge is 0.300 e. The Bertz CT molecular complexity index is 1380. The normalized spacial score (nSPS) is 17.2. The zero-order valence-corrected chi connectivity index (χ0v) is 25.9. The standard InChI is InChI=1S/C23H27ClN2O4S.C6H5Cl.C2H4O2/c1-2-19(14-25(20-6-4-3-5-7-20)31(28,29)21-12-13-21)26-22(15-30-16-23(26)27)17-8-10-18(24)11-9-17;7-6-4-2-1-3-5-6;1-2(3)4/h3-11,19,21-22H,2,12-16H2,1H3;1-5H;1H3,(H,3,4)/t19-,22-;;/m0../s1. The quantitative estimate of drug-likeness (QED) is 0.305. The van der Waals surface area contributed by atoms with Crippen molar-refractivity contribution >= 4 is 50.8 Å². The van der Waals surface area contributed by atoms with Crippen LogP contribution >= 0.6 is 23.2 Å². The van der Waals surface area contributed by atoms with Crippen LogP contribution in [0.5, 0.6) is 0 Å². The lowest BCUT2D eigenvalue weighted by molar-refractivity contribution is -0.152. The minimum Gasteiger partial charge on any atom is -0.481 e. The molecule has 5 rings (SSSR count). The highest BCUT2D eigenvalue weighted by Crippen LogP contribution is 2.35. The molecule has 0 aromatic heterocycles. The maximum absolute atomic E-state index is 13.3. The molecule has 1 amide bonds. The van der Waals surface area contributed by atoms with E-state index in [-0.39, 0.29) is 36.4 Å². The van der Waals surface area contributed by atoms with Gasteiger partial charge < -0.3 is 14.7 Å². The van der Waals surface area contributed by atoms with Crippen molar-refractivity contribution in [2.45, 2.75) is 50.4 Å². The fourth-order valence-electron chi connectivity index (χ4n) is 4.50. The Morgan fingerprint density at radius 1 is 0.976 bits per heavy atom. The van der Waals surface area contributed by atoms with Crippen LogP contribution in [-0.2, 0) is 24.3 Å². The van der Waals surface area contributed by atoms with E-state index in [0.29, 0.717) is 36.6 Å². The third kappa shape index (κ3) is 9.73. The number of hydrogen-bond donors (Lipinski definition) is 1. The number of ether oxygens (including phenoxy) is 1. The number of hydrogen-bond acceptors (Lipinski definition) is 5. The van der Waals surface area contributed by atoms with Crippen LogP contribution in [0.25, 0.3) is 0 Å². The number of morpholine rings is 1. The number of amides is 1. The Balaban J connectivity index is 0.000000371. The van der Waals surface area contributed by atoms with E-state index >= 15 is 0 Å². The number of nitrogens with zero attached hydrogens (tertiary/aromatic N) is 2. The van der Waals surface area contributed by atoms with Crippen molar-refractivity contribution in [1.29, 1.82) is 0 Å². The van der Waals surface area contributed by atoms with Crippen LogP contribution in [0.15, 0.2) is 84.9 Å². The minimum absolute atomic E-state index is 0.00129. The lowest BCUT2D eigenvalue weighted by Gasteiger charge is -2.42. The van der Waals surface area contributed by atoms with E-state index < -0.39 is 16.0 Å². The monoisotopic (exact) mass is 634 g/mol. The molecule has 3 aromatic rings. The van der Waals surface area contributed by atoms with Gasteiger partial charge in [0.1, 0.15) is 6.61 Å². The summed E-state index contributed by atoms with van der Waals surface area (Å²) >= 11 is 11.6. The summed E-state index contributed by atoms with van der Waals surface area (Å²) in [4.78, 5) is 23.8. The van der Waals surface area contributed by atoms with Crippen LogP contribution in [-0.4, -0.2) is 61.4 Å². The summed E-state index contributed by atoms with van der Waals surface area (Å²) in [5.74, 6) is -0.963. The molecule has 11 heteroatoms. The maximum Gasteiger partial charge on any atom is 0.300 e. The van der Waals surface area contributed by atoms with Crippen molar-refractivity contribution in [1.82, 2.24) is 4.90 Å². The molecule has 1 aliphatic carbocycles. The summed E-state index contributed by atoms with van der Waals surface area (Å²) in [5, 5.41) is 8.50. The number of rotatable bonds is 8. The molecule has 3 aromatic carbocycles. The lowest BCUT2D eigenvalue weighted by atomic mass is 10.0. The second-order valence-electron chi connectivity index (χ2n) is 9.87. The number of carboxylic acids is 1. The van der Waals surface area contributed by atoms with Crippen LogP contribution in [0.1, 0.15) is 44.7 Å². The average Bonchev–Trinajstić information content (AvgIpc) is 3.82. The van der Waals surface area contributed by atoms with Crippen LogP contribution in [0.4, 0.5) is 5.69 Å². The van der Waals surface area contributed by atoms with Gasteiger partial charge in [-0.05, 0) is 61.2 Å². The van der Waals surface area contributed by atoms with Gasteiger partial charge in [0, 0.05) is 17.0 Å². The van der Waals surface area contributed by atoms with E-state index in [4.69, 9.17) is 37.8 Å². The highest BCUT2D eigenvalue weighted by atomic mass is 35.5. The fraction of sp³-hybridized carbons (Fsp3) is 0.355. The number of benzene rings is 3. The number of para-hydroxylation sites is 1. The zero-order chi connectivity index (χ0) is 30.7. The van der Waals surface area contributed by atoms with E-state index in [0.717, 1.165) is 17.5 Å². The number of anilines is 1. The molecule has 0 radical (unpaired) electrons. The van der Waals surface area contributed by atoms with Crippen molar-refractivity contribution < 1.29 is 27.9 Å². The molecule has 226 valence electrons. The minimum atomic E-state index is -3.48. The van der Waals surface area contributed by atoms with E-state index in [1.807, 2.05) is 84.6 Å². The Kier molecular flexibility index (Phi) is 12.7. The summed E-state index contributed by atoms with van der Waals surface area (Å²) in [7, 11) is -3.48. The molecule has 0 bridgehead atoms. The Morgan fingerprint density at radius 3 is 1.98 bits per heavy atom. The molecule has 8 nitrogen and oxygen atoms in total. The van der Waals surface area contributed by atoms with Crippen LogP contribution in [0.3, 0.4) is 0 Å². The van der Waals surface area contributed by atoms with Gasteiger partial charge in [0.15, 0.2) is 0 Å². The number of sulfonamides is 1. The van der Waals surface area contributed by atoms with Crippen molar-refractivity contribution in [3.63, 3.8) is 0 Å². The number of carbonyl (C=O) groups is 2. The molecule has 0 spiro atoms. The summed E-state index contributed by atoms with van der Waals surface area (Å²) in [6.07, 6.45) is 2.00. The summed E-state index contributed by atoms with van der Waals surface area (Å²) < 4.78 is 33.6. The summed E-state index contributed by atoms with van der Waals surface area (Å²) in [5.41, 5.74) is 1.56. The second-order valence-corrected chi connectivity index (χ2v) is 12.9. The molecule has 42 heavy (non-hydrogen) atoms. The number of aliphatic carboxylic acids is 1. The van der Waals surface area contributed by atoms with Crippen molar-refractivity contribution in [2.24, 2.45) is 0 Å². The molecule has 1 saturated heterocycles. The topological polar surface area (TPSA) is 104 Å². The molecular formula is C31H36Cl2N2O6S. The average molecular weight is 636 g/mol. The Labute approximate surface area is 257 Å². The van der Waals surface area contributed by atoms with Gasteiger partial charge in [-0.15, -0.1) is 0 Å². The van der Waals surface area contributed by atoms with Gasteiger partial charge >= 0.3 is 0 Å². The zero-order valence-electron chi connectivity index (χ0n) is 23.6. The molecule has 1 saturated carbocycles. The molecule has 2 atom stereocenters. The van der Waals surface area contributed by atoms with E-state index in [2.05, 4.69) is 0 Å². The predicted octanol–water partition coefficient (Wildman–Crippen LogP) is 6.45. The first kappa shape index (κ1) is 33.4. The first-order chi connectivity index (χ1) is 20.0. The van der Waals surface area contributed by atoms with Gasteiger partial charge in [-0.25, -0.2) is 8.42 Å². The van der Waals surface area contributed by atoms with Crippen LogP contribution < -0.4 is 4.31 Å². The summed E-state index contributed by atoms with van der Waals surface area (Å²) in [6.45, 7) is 3.65. The molecule has 1 N–H and O–H groups in total. The van der Waals surface area contributed by atoms with E-state index in [9.17, 15) is 13.2 Å². The molecule has 0 unspecified atom stereocenters. The van der Waals surface area contributed by atoms with Crippen molar-refractivity contribution in [3.8, 4) is 0 Å². The Hall–Kier alpha value is -3.11. The third-order valence-corrected chi connectivity index (χ3v) is 9.44. The SMILES string of the molecule is CC(=O)O.CC[C@@H](CN(c1ccccc1)S(=O)(=O)C1CC1)N1C(=O)COC[C@H]1c1ccc(Cl)cc1.Clc1ccccc1. The van der Waals surface area contributed by atoms with E-state index in [1.165, 1.54) is 4.31 Å². The van der Waals surface area contributed by atoms with E-state index in [1.54, 1.807) is 12.1 Å². The number of halogens is 2. The molecule has 1 heterocycles. The largest absolute Gasteiger partial charge is 0.481 e. The summed E-state index contributed by atoms with van der Waals surface area (Å²) in [6, 6.07) is 25.4. The number of carboxylic acid groups (broad SMARTS) is 1. The molecule has 2 aliphatic rings. The molecule has 2 fully saturated rings. The Morgan fingerprint density at radius 2 is 1.50 bits per heavy atom. The highest BCUT2D eigenvalue weighted by Gasteiger charge is 2.43. The van der Waals surface area contributed by atoms with Gasteiger partial charge in [0.05, 0.1) is 36.2 Å². The molecular weight excluding hydrogens is 599 g/mol. The van der Waals surface area contributed by atoms with Gasteiger partial charge in [-0.3, -0.25) is 13.9 Å². The number of carbonyl (C=O) groups excluding carboxylic acids is 1. The lowest BCUT2D eigenvalue weighted by Crippen LogP contribution is -2.54. The van der Waals surface area contributed by atoms with Gasteiger partial charge in [0.25, 0.3) is 5.97 Å². The second kappa shape index (κ2) is 15.9. The maximum atomic E-state index is 13.3. The van der Waals surface area contributed by atoms with Crippen molar-refractivity contribution in [3.05, 3.63) is 101 Å². The molecule has 1 aliphatic heterocycles. The van der Waals surface area contributed by atoms with Gasteiger partial charge in [-0.2, -0.15) is 0 Å². The fourth-order valence-corrected chi connectivity index (χ4v) is 6.66. The highest BCUT2D eigenvalue weighted by molar-refractivity contribution is 7.93. The third-order valence-electron chi connectivity index (χ3n) is 6.65. The van der Waals surface area contributed by atoms with Crippen LogP contribution in [0, 0.1) is 0 Å². The predicted molar refractivity (Wildman–Crippen MR) is 166 cm³/mol.